The Hall–Kier alpha value is -4.06. The number of rotatable bonds is 7. The molecule has 0 spiro atoms. The molecule has 0 saturated carbocycles. The number of aryl methyl sites for hydroxylation is 2. The molecule has 40 heavy (non-hydrogen) atoms. The Morgan fingerprint density at radius 3 is 2.25 bits per heavy atom. The van der Waals surface area contributed by atoms with E-state index in [4.69, 9.17) is 4.42 Å². The third-order valence-corrected chi connectivity index (χ3v) is 6.21. The number of nitrogens with zero attached hydrogens (tertiary/aromatic N) is 1. The molecule has 0 saturated heterocycles. The summed E-state index contributed by atoms with van der Waals surface area (Å²) >= 11 is 0. The van der Waals surface area contributed by atoms with Crippen LogP contribution in [-0.2, 0) is 0 Å². The normalized spacial score (nSPS) is 12.6. The number of hydrogen-bond acceptors (Lipinski definition) is 4. The summed E-state index contributed by atoms with van der Waals surface area (Å²) in [5.41, 5.74) is 3.26. The van der Waals surface area contributed by atoms with Gasteiger partial charge in [0, 0.05) is 47.4 Å². The number of benzene rings is 3. The zero-order valence-electron chi connectivity index (χ0n) is 21.4. The van der Waals surface area contributed by atoms with Crippen LogP contribution in [0.25, 0.3) is 33.4 Å². The van der Waals surface area contributed by atoms with Crippen LogP contribution < -0.4 is 10.7 Å². The van der Waals surface area contributed by atoms with E-state index >= 15 is 0 Å². The molecule has 4 rings (SSSR count). The van der Waals surface area contributed by atoms with E-state index in [9.17, 15) is 36.2 Å². The first-order valence-corrected chi connectivity index (χ1v) is 12.0. The van der Waals surface area contributed by atoms with Crippen LogP contribution in [0.4, 0.5) is 32.0 Å². The Labute approximate surface area is 224 Å². The van der Waals surface area contributed by atoms with Crippen molar-refractivity contribution in [2.75, 3.05) is 18.4 Å². The highest BCUT2D eigenvalue weighted by Crippen LogP contribution is 2.43. The summed E-state index contributed by atoms with van der Waals surface area (Å²) in [6.07, 6.45) is -10.8. The molecule has 0 bridgehead atoms. The number of halogens is 6. The van der Waals surface area contributed by atoms with Gasteiger partial charge in [-0.25, -0.2) is 4.79 Å². The van der Waals surface area contributed by atoms with Gasteiger partial charge >= 0.3 is 18.3 Å². The SMILES string of the molecule is Cc1cc2c(-c3ccccc3C(=O)O)c3cc(C)c(=NCCC(F)(F)F)cc-3oc2cc1NCCC(F)(F)F.O. The average Bonchev–Trinajstić information content (AvgIpc) is 2.82. The molecule has 4 N–H and O–H groups in total. The minimum Gasteiger partial charge on any atom is -0.478 e. The van der Waals surface area contributed by atoms with E-state index < -0.39 is 37.7 Å². The Morgan fingerprint density at radius 2 is 1.60 bits per heavy atom. The van der Waals surface area contributed by atoms with E-state index in [2.05, 4.69) is 10.3 Å². The van der Waals surface area contributed by atoms with E-state index in [1.165, 1.54) is 18.2 Å². The molecule has 2 aromatic carbocycles. The quantitative estimate of drug-likeness (QED) is 0.187. The van der Waals surface area contributed by atoms with Gasteiger partial charge < -0.3 is 20.3 Å². The lowest BCUT2D eigenvalue weighted by Gasteiger charge is -2.19. The molecule has 6 nitrogen and oxygen atoms in total. The van der Waals surface area contributed by atoms with Gasteiger partial charge in [0.15, 0.2) is 0 Å². The lowest BCUT2D eigenvalue weighted by molar-refractivity contribution is -0.132. The summed E-state index contributed by atoms with van der Waals surface area (Å²) in [6.45, 7) is 2.55. The van der Waals surface area contributed by atoms with Gasteiger partial charge in [-0.2, -0.15) is 26.3 Å². The molecule has 0 fully saturated rings. The lowest BCUT2D eigenvalue weighted by Crippen LogP contribution is -2.15. The molecule has 0 amide bonds. The van der Waals surface area contributed by atoms with Crippen molar-refractivity contribution in [2.45, 2.75) is 39.0 Å². The molecular weight excluding hydrogens is 542 g/mol. The molecular formula is C28H26F6N2O4. The maximum absolute atomic E-state index is 12.7. The number of carboxylic acids is 1. The minimum absolute atomic E-state index is 0. The standard InChI is InChI=1S/C28H24F6N2O3.H2O/c1-15-11-19-23(13-21(15)35-9-7-27(29,30)31)39-24-14-22(36-10-8-28(32,33)34)16(2)12-20(24)25(19)17-5-3-4-6-18(17)26(37)38;/h3-6,11-14,35H,7-10H2,1-2H3,(H,37,38);1H2. The highest BCUT2D eigenvalue weighted by Gasteiger charge is 2.27. The molecule has 1 aliphatic carbocycles. The van der Waals surface area contributed by atoms with Crippen molar-refractivity contribution in [1.82, 2.24) is 0 Å². The third kappa shape index (κ3) is 6.92. The first-order chi connectivity index (χ1) is 18.2. The lowest BCUT2D eigenvalue weighted by atomic mass is 9.89. The van der Waals surface area contributed by atoms with Gasteiger partial charge in [-0.3, -0.25) is 4.99 Å². The molecule has 12 heteroatoms. The number of hydrogen-bond donors (Lipinski definition) is 2. The van der Waals surface area contributed by atoms with Crippen LogP contribution in [0.3, 0.4) is 0 Å². The Bertz CT molecular complexity index is 1570. The molecule has 0 unspecified atom stereocenters. The molecule has 0 radical (unpaired) electrons. The predicted molar refractivity (Wildman–Crippen MR) is 139 cm³/mol. The number of carbonyl (C=O) groups is 1. The van der Waals surface area contributed by atoms with Crippen molar-refractivity contribution in [3.8, 4) is 22.5 Å². The van der Waals surface area contributed by atoms with Crippen LogP contribution in [-0.4, -0.2) is 42.0 Å². The summed E-state index contributed by atoms with van der Waals surface area (Å²) in [4.78, 5) is 16.1. The molecule has 1 aliphatic heterocycles. The number of fused-ring (bicyclic) bond motifs is 2. The van der Waals surface area contributed by atoms with Crippen LogP contribution in [0.2, 0.25) is 0 Å². The van der Waals surface area contributed by atoms with Gasteiger partial charge in [-0.1, -0.05) is 18.2 Å². The van der Waals surface area contributed by atoms with Crippen LogP contribution in [0, 0.1) is 13.8 Å². The van der Waals surface area contributed by atoms with Gasteiger partial charge in [-0.05, 0) is 48.7 Å². The van der Waals surface area contributed by atoms with Gasteiger partial charge in [-0.15, -0.1) is 0 Å². The minimum atomic E-state index is -4.37. The predicted octanol–water partition coefficient (Wildman–Crippen LogP) is 6.91. The van der Waals surface area contributed by atoms with E-state index in [-0.39, 0.29) is 34.3 Å². The van der Waals surface area contributed by atoms with E-state index in [1.807, 2.05) is 0 Å². The van der Waals surface area contributed by atoms with Crippen LogP contribution in [0.5, 0.6) is 0 Å². The molecule has 0 aromatic heterocycles. The topological polar surface area (TPSA) is 106 Å². The fourth-order valence-corrected chi connectivity index (χ4v) is 4.37. The fourth-order valence-electron chi connectivity index (χ4n) is 4.37. The summed E-state index contributed by atoms with van der Waals surface area (Å²) in [7, 11) is 0. The summed E-state index contributed by atoms with van der Waals surface area (Å²) in [5, 5.41) is 13.4. The van der Waals surface area contributed by atoms with Crippen LogP contribution in [0.15, 0.2) is 57.9 Å². The highest BCUT2D eigenvalue weighted by atomic mass is 19.4. The van der Waals surface area contributed by atoms with Crippen molar-refractivity contribution in [3.63, 3.8) is 0 Å². The second-order valence-corrected chi connectivity index (χ2v) is 9.16. The van der Waals surface area contributed by atoms with Crippen molar-refractivity contribution in [2.24, 2.45) is 4.99 Å². The Morgan fingerprint density at radius 1 is 0.925 bits per heavy atom. The number of nitrogens with one attached hydrogen (secondary N) is 1. The summed E-state index contributed by atoms with van der Waals surface area (Å²) in [6, 6.07) is 12.8. The first-order valence-electron chi connectivity index (χ1n) is 12.0. The maximum atomic E-state index is 12.7. The number of anilines is 1. The zero-order valence-corrected chi connectivity index (χ0v) is 21.4. The monoisotopic (exact) mass is 568 g/mol. The first kappa shape index (κ1) is 30.5. The van der Waals surface area contributed by atoms with Gasteiger partial charge in [0.2, 0.25) is 0 Å². The fraction of sp³-hybridized carbons (Fsp3) is 0.286. The molecule has 2 aromatic rings. The van der Waals surface area contributed by atoms with Gasteiger partial charge in [0.1, 0.15) is 11.3 Å². The van der Waals surface area contributed by atoms with Crippen molar-refractivity contribution in [3.05, 3.63) is 70.6 Å². The second-order valence-electron chi connectivity index (χ2n) is 9.16. The van der Waals surface area contributed by atoms with Gasteiger partial charge in [0.05, 0.1) is 23.8 Å². The molecule has 1 heterocycles. The Balaban J connectivity index is 0.00000441. The number of alkyl halides is 6. The summed E-state index contributed by atoms with van der Waals surface area (Å²) in [5.74, 6) is -0.926. The summed E-state index contributed by atoms with van der Waals surface area (Å²) < 4.78 is 82.1. The molecule has 0 atom stereocenters. The average molecular weight is 569 g/mol. The van der Waals surface area contributed by atoms with Gasteiger partial charge in [0.25, 0.3) is 0 Å². The van der Waals surface area contributed by atoms with Crippen LogP contribution >= 0.6 is 0 Å². The third-order valence-electron chi connectivity index (χ3n) is 6.21. The largest absolute Gasteiger partial charge is 0.478 e. The van der Waals surface area contributed by atoms with E-state index in [1.54, 1.807) is 44.2 Å². The van der Waals surface area contributed by atoms with Crippen molar-refractivity contribution in [1.29, 1.82) is 0 Å². The van der Waals surface area contributed by atoms with E-state index in [0.29, 0.717) is 38.9 Å². The number of aromatic carboxylic acids is 1. The van der Waals surface area contributed by atoms with E-state index in [0.717, 1.165) is 0 Å². The van der Waals surface area contributed by atoms with Crippen molar-refractivity contribution < 1.29 is 46.1 Å². The highest BCUT2D eigenvalue weighted by molar-refractivity contribution is 6.08. The zero-order chi connectivity index (χ0) is 28.5. The smallest absolute Gasteiger partial charge is 0.390 e. The maximum Gasteiger partial charge on any atom is 0.390 e. The number of carboxylic acid groups (broad SMARTS) is 1. The van der Waals surface area contributed by atoms with Crippen LogP contribution in [0.1, 0.15) is 34.3 Å². The molecule has 2 aliphatic rings. The Kier molecular flexibility index (Phi) is 8.83. The second kappa shape index (κ2) is 11.6. The van der Waals surface area contributed by atoms with Crippen molar-refractivity contribution >= 4 is 22.6 Å². The molecule has 214 valence electrons.